The minimum absolute atomic E-state index is 0.0725. The molecule has 26 heavy (non-hydrogen) atoms. The van der Waals surface area contributed by atoms with E-state index in [9.17, 15) is 5.11 Å². The lowest BCUT2D eigenvalue weighted by Crippen LogP contribution is -2.33. The van der Waals surface area contributed by atoms with Gasteiger partial charge in [-0.3, -0.25) is 5.32 Å². The predicted molar refractivity (Wildman–Crippen MR) is 102 cm³/mol. The van der Waals surface area contributed by atoms with Crippen molar-refractivity contribution >= 4 is 50.4 Å². The van der Waals surface area contributed by atoms with Crippen LogP contribution in [0.1, 0.15) is 12.8 Å². The molecule has 1 aliphatic heterocycles. The zero-order valence-electron chi connectivity index (χ0n) is 13.9. The number of aliphatic hydroxyl groups is 1. The van der Waals surface area contributed by atoms with Gasteiger partial charge in [0.2, 0.25) is 5.95 Å². The van der Waals surface area contributed by atoms with Crippen LogP contribution in [0.15, 0.2) is 40.1 Å². The van der Waals surface area contributed by atoms with Crippen LogP contribution in [0.2, 0.25) is 0 Å². The molecule has 0 bridgehead atoms. The van der Waals surface area contributed by atoms with E-state index >= 15 is 0 Å². The van der Waals surface area contributed by atoms with Gasteiger partial charge in [0.05, 0.1) is 22.9 Å². The Labute approximate surface area is 153 Å². The minimum Gasteiger partial charge on any atom is -0.423 e. The lowest BCUT2D eigenvalue weighted by molar-refractivity contribution is 0.265. The minimum atomic E-state index is 0.0725. The monoisotopic (exact) mass is 367 g/mol. The first-order chi connectivity index (χ1) is 12.8. The van der Waals surface area contributed by atoms with E-state index in [2.05, 4.69) is 20.2 Å². The third-order valence-electron chi connectivity index (χ3n) is 4.66. The van der Waals surface area contributed by atoms with Crippen molar-refractivity contribution in [3.63, 3.8) is 0 Å². The van der Waals surface area contributed by atoms with Crippen molar-refractivity contribution in [2.45, 2.75) is 18.9 Å². The number of nitrogens with one attached hydrogen (secondary N) is 1. The molecule has 1 aromatic carbocycles. The fraction of sp³-hybridized carbons (Fsp3) is 0.278. The molecule has 1 aliphatic rings. The Balaban J connectivity index is 1.56. The number of nitrogens with zero attached hydrogens (tertiary/aromatic N) is 4. The molecule has 0 radical (unpaired) electrons. The van der Waals surface area contributed by atoms with Gasteiger partial charge in [-0.05, 0) is 36.4 Å². The van der Waals surface area contributed by atoms with Crippen LogP contribution in [-0.2, 0) is 0 Å². The molecule has 0 aliphatic carbocycles. The summed E-state index contributed by atoms with van der Waals surface area (Å²) in [5, 5.41) is 14.8. The molecular formula is C18H17N5O2S. The van der Waals surface area contributed by atoms with Crippen LogP contribution in [-0.4, -0.2) is 39.3 Å². The summed E-state index contributed by atoms with van der Waals surface area (Å²) in [6.07, 6.45) is 1.99. The van der Waals surface area contributed by atoms with E-state index in [4.69, 9.17) is 9.40 Å². The number of hydrogen-bond donors (Lipinski definition) is 2. The van der Waals surface area contributed by atoms with Gasteiger partial charge >= 0.3 is 6.01 Å². The molecule has 4 aromatic rings. The molecule has 0 spiro atoms. The number of aliphatic hydroxyl groups excluding tert-OH is 1. The zero-order valence-corrected chi connectivity index (χ0v) is 14.7. The predicted octanol–water partition coefficient (Wildman–Crippen LogP) is 3.54. The van der Waals surface area contributed by atoms with Crippen molar-refractivity contribution in [1.29, 1.82) is 0 Å². The molecule has 1 atom stereocenters. The molecule has 2 N–H and O–H groups in total. The second kappa shape index (κ2) is 6.22. The summed E-state index contributed by atoms with van der Waals surface area (Å²) < 4.78 is 6.73. The number of hydrogen-bond acceptors (Lipinski definition) is 8. The first kappa shape index (κ1) is 15.5. The lowest BCUT2D eigenvalue weighted by atomic mass is 10.2. The van der Waals surface area contributed by atoms with Crippen molar-refractivity contribution in [2.24, 2.45) is 0 Å². The van der Waals surface area contributed by atoms with Gasteiger partial charge in [0.15, 0.2) is 11.4 Å². The normalized spacial score (nSPS) is 17.4. The number of anilines is 3. The number of fused-ring (bicyclic) bond motifs is 2. The van der Waals surface area contributed by atoms with Gasteiger partial charge in [0.25, 0.3) is 0 Å². The van der Waals surface area contributed by atoms with Gasteiger partial charge < -0.3 is 14.4 Å². The lowest BCUT2D eigenvalue weighted by Gasteiger charge is -2.23. The van der Waals surface area contributed by atoms with Crippen LogP contribution >= 0.6 is 11.3 Å². The Morgan fingerprint density at radius 2 is 2.12 bits per heavy atom. The molecule has 8 heteroatoms. The van der Waals surface area contributed by atoms with Crippen LogP contribution < -0.4 is 10.2 Å². The van der Waals surface area contributed by atoms with Crippen LogP contribution in [0.4, 0.5) is 17.8 Å². The topological polar surface area (TPSA) is 87.3 Å². The maximum absolute atomic E-state index is 9.62. The Bertz CT molecular complexity index is 1040. The molecule has 1 fully saturated rings. The average molecular weight is 367 g/mol. The highest BCUT2D eigenvalue weighted by atomic mass is 32.1. The van der Waals surface area contributed by atoms with Crippen molar-refractivity contribution in [3.8, 4) is 0 Å². The fourth-order valence-corrected chi connectivity index (χ4v) is 4.16. The number of thiophene rings is 1. The van der Waals surface area contributed by atoms with Gasteiger partial charge in [-0.15, -0.1) is 11.3 Å². The number of aromatic nitrogens is 3. The smallest absolute Gasteiger partial charge is 0.301 e. The van der Waals surface area contributed by atoms with Gasteiger partial charge in [-0.25, -0.2) is 4.98 Å². The summed E-state index contributed by atoms with van der Waals surface area (Å²) in [7, 11) is 0. The van der Waals surface area contributed by atoms with E-state index < -0.39 is 0 Å². The second-order valence-corrected chi connectivity index (χ2v) is 7.21. The first-order valence-electron chi connectivity index (χ1n) is 8.57. The van der Waals surface area contributed by atoms with E-state index in [1.54, 1.807) is 11.3 Å². The van der Waals surface area contributed by atoms with Crippen molar-refractivity contribution in [2.75, 3.05) is 23.4 Å². The molecule has 132 valence electrons. The number of benzene rings is 1. The molecular weight excluding hydrogens is 350 g/mol. The summed E-state index contributed by atoms with van der Waals surface area (Å²) in [5.41, 5.74) is 2.40. The highest BCUT2D eigenvalue weighted by Gasteiger charge is 2.27. The number of rotatable bonds is 4. The SMILES string of the molecule is OCC1CCCN1c1nc(Nc2nc3ccccc3o2)c2sccc2n1. The van der Waals surface area contributed by atoms with Crippen molar-refractivity contribution in [1.82, 2.24) is 15.0 Å². The van der Waals surface area contributed by atoms with E-state index in [1.165, 1.54) is 0 Å². The van der Waals surface area contributed by atoms with E-state index in [0.29, 0.717) is 17.8 Å². The van der Waals surface area contributed by atoms with Crippen LogP contribution in [0.25, 0.3) is 21.3 Å². The molecule has 5 rings (SSSR count). The molecule has 7 nitrogen and oxygen atoms in total. The molecule has 1 unspecified atom stereocenters. The van der Waals surface area contributed by atoms with E-state index in [0.717, 1.165) is 40.7 Å². The standard InChI is InChI=1S/C18H17N5O2S/c24-10-11-4-3-8-23(11)17-19-13-7-9-26-15(13)16(21-17)22-18-20-12-5-1-2-6-14(12)25-18/h1-2,5-7,9,11,24H,3-4,8,10H2,(H,19,20,21,22). The summed E-state index contributed by atoms with van der Waals surface area (Å²) in [4.78, 5) is 16.0. The number of para-hydroxylation sites is 2. The molecule has 3 aromatic heterocycles. The third-order valence-corrected chi connectivity index (χ3v) is 5.57. The van der Waals surface area contributed by atoms with Crippen molar-refractivity contribution < 1.29 is 9.52 Å². The summed E-state index contributed by atoms with van der Waals surface area (Å²) in [6.45, 7) is 0.960. The second-order valence-electron chi connectivity index (χ2n) is 6.29. The summed E-state index contributed by atoms with van der Waals surface area (Å²) in [5.74, 6) is 1.31. The number of oxazole rings is 1. The summed E-state index contributed by atoms with van der Waals surface area (Å²) >= 11 is 1.57. The van der Waals surface area contributed by atoms with Crippen molar-refractivity contribution in [3.05, 3.63) is 35.7 Å². The average Bonchev–Trinajstić information content (AvgIpc) is 3.39. The Kier molecular flexibility index (Phi) is 3.72. The Hall–Kier alpha value is -2.71. The highest BCUT2D eigenvalue weighted by molar-refractivity contribution is 7.17. The van der Waals surface area contributed by atoms with E-state index in [-0.39, 0.29) is 12.6 Å². The fourth-order valence-electron chi connectivity index (χ4n) is 3.38. The van der Waals surface area contributed by atoms with Crippen LogP contribution in [0, 0.1) is 0 Å². The molecule has 1 saturated heterocycles. The van der Waals surface area contributed by atoms with Crippen LogP contribution in [0.5, 0.6) is 0 Å². The zero-order chi connectivity index (χ0) is 17.5. The highest BCUT2D eigenvalue weighted by Crippen LogP contribution is 2.33. The van der Waals surface area contributed by atoms with Gasteiger partial charge in [0.1, 0.15) is 5.52 Å². The Morgan fingerprint density at radius 3 is 3.00 bits per heavy atom. The quantitative estimate of drug-likeness (QED) is 0.570. The Morgan fingerprint density at radius 1 is 1.19 bits per heavy atom. The maximum Gasteiger partial charge on any atom is 0.301 e. The third kappa shape index (κ3) is 2.58. The van der Waals surface area contributed by atoms with Crippen LogP contribution in [0.3, 0.4) is 0 Å². The molecule has 0 saturated carbocycles. The molecule has 4 heterocycles. The first-order valence-corrected chi connectivity index (χ1v) is 9.45. The van der Waals surface area contributed by atoms with E-state index in [1.807, 2.05) is 35.7 Å². The summed E-state index contributed by atoms with van der Waals surface area (Å²) in [6, 6.07) is 10.1. The van der Waals surface area contributed by atoms with Gasteiger partial charge in [0, 0.05) is 6.54 Å². The maximum atomic E-state index is 9.62. The van der Waals surface area contributed by atoms with Gasteiger partial charge in [-0.2, -0.15) is 9.97 Å². The van der Waals surface area contributed by atoms with Gasteiger partial charge in [-0.1, -0.05) is 12.1 Å². The largest absolute Gasteiger partial charge is 0.423 e. The molecule has 0 amide bonds.